The molecule has 2 aromatic carbocycles. The van der Waals surface area contributed by atoms with E-state index < -0.39 is 0 Å². The molecule has 0 bridgehead atoms. The normalized spacial score (nSPS) is 11.1. The molecule has 0 radical (unpaired) electrons. The van der Waals surface area contributed by atoms with E-state index in [-0.39, 0.29) is 0 Å². The highest BCUT2D eigenvalue weighted by molar-refractivity contribution is 5.68. The second-order valence-electron chi connectivity index (χ2n) is 8.18. The topological polar surface area (TPSA) is 8.81 Å². The molecule has 2 heterocycles. The van der Waals surface area contributed by atoms with E-state index in [9.17, 15) is 0 Å². The second kappa shape index (κ2) is 7.36. The van der Waals surface area contributed by atoms with Crippen LogP contribution in [0.3, 0.4) is 0 Å². The molecular formula is C27H29N2+. The van der Waals surface area contributed by atoms with E-state index in [1.165, 1.54) is 56.1 Å². The Balaban J connectivity index is 1.92. The van der Waals surface area contributed by atoms with Gasteiger partial charge in [-0.15, -0.1) is 0 Å². The number of hydrogen-bond donors (Lipinski definition) is 0. The van der Waals surface area contributed by atoms with Crippen molar-refractivity contribution in [2.24, 2.45) is 7.05 Å². The molecule has 146 valence electrons. The Morgan fingerprint density at radius 2 is 1.34 bits per heavy atom. The quantitative estimate of drug-likeness (QED) is 0.375. The van der Waals surface area contributed by atoms with Crippen LogP contribution < -0.4 is 4.57 Å². The number of aryl methyl sites for hydroxylation is 6. The molecular weight excluding hydrogens is 352 g/mol. The van der Waals surface area contributed by atoms with Crippen LogP contribution >= 0.6 is 0 Å². The Bertz CT molecular complexity index is 1170. The summed E-state index contributed by atoms with van der Waals surface area (Å²) in [6.45, 7) is 11.0. The minimum atomic E-state index is 1.22. The Morgan fingerprint density at radius 1 is 0.690 bits per heavy atom. The number of benzene rings is 2. The fourth-order valence-corrected chi connectivity index (χ4v) is 4.58. The van der Waals surface area contributed by atoms with Crippen LogP contribution in [0.5, 0.6) is 0 Å². The Labute approximate surface area is 174 Å². The second-order valence-corrected chi connectivity index (χ2v) is 8.18. The van der Waals surface area contributed by atoms with Gasteiger partial charge in [-0.25, -0.2) is 0 Å². The molecule has 0 aliphatic rings. The van der Waals surface area contributed by atoms with Crippen molar-refractivity contribution in [1.29, 1.82) is 0 Å². The lowest BCUT2D eigenvalue weighted by Gasteiger charge is -2.18. The predicted octanol–water partition coefficient (Wildman–Crippen LogP) is 6.18. The fourth-order valence-electron chi connectivity index (χ4n) is 4.58. The van der Waals surface area contributed by atoms with Crippen LogP contribution in [0.15, 0.2) is 66.9 Å². The van der Waals surface area contributed by atoms with E-state index >= 15 is 0 Å². The number of pyridine rings is 1. The van der Waals surface area contributed by atoms with Gasteiger partial charge in [0.05, 0.1) is 5.69 Å². The summed E-state index contributed by atoms with van der Waals surface area (Å²) in [5, 5.41) is 0. The highest BCUT2D eigenvalue weighted by Crippen LogP contribution is 2.32. The minimum Gasteiger partial charge on any atom is -0.308 e. The van der Waals surface area contributed by atoms with Crippen molar-refractivity contribution in [2.45, 2.75) is 34.6 Å². The maximum atomic E-state index is 2.43. The van der Waals surface area contributed by atoms with Crippen molar-refractivity contribution in [3.8, 4) is 28.2 Å². The first-order chi connectivity index (χ1) is 13.9. The average Bonchev–Trinajstić information content (AvgIpc) is 2.95. The van der Waals surface area contributed by atoms with Gasteiger partial charge in [-0.1, -0.05) is 48.0 Å². The smallest absolute Gasteiger partial charge is 0.229 e. The van der Waals surface area contributed by atoms with E-state index in [4.69, 9.17) is 0 Å². The van der Waals surface area contributed by atoms with E-state index in [2.05, 4.69) is 118 Å². The lowest BCUT2D eigenvalue weighted by atomic mass is 10.0. The molecule has 4 rings (SSSR count). The summed E-state index contributed by atoms with van der Waals surface area (Å²) in [5.41, 5.74) is 12.7. The monoisotopic (exact) mass is 381 g/mol. The lowest BCUT2D eigenvalue weighted by molar-refractivity contribution is -0.660. The van der Waals surface area contributed by atoms with Crippen LogP contribution in [0.1, 0.15) is 27.9 Å². The Kier molecular flexibility index (Phi) is 4.87. The van der Waals surface area contributed by atoms with E-state index in [0.717, 1.165) is 0 Å². The minimum absolute atomic E-state index is 1.22. The van der Waals surface area contributed by atoms with Crippen molar-refractivity contribution < 1.29 is 4.57 Å². The van der Waals surface area contributed by atoms with Crippen molar-refractivity contribution in [3.05, 3.63) is 94.8 Å². The summed E-state index contributed by atoms with van der Waals surface area (Å²) in [7, 11) is 2.14. The molecule has 2 heteroatoms. The van der Waals surface area contributed by atoms with E-state index in [1.807, 2.05) is 0 Å². The molecule has 0 aliphatic heterocycles. The van der Waals surface area contributed by atoms with Crippen molar-refractivity contribution in [1.82, 2.24) is 4.57 Å². The third kappa shape index (κ3) is 3.40. The molecule has 0 fully saturated rings. The molecule has 0 aliphatic carbocycles. The van der Waals surface area contributed by atoms with Gasteiger partial charge in [0.25, 0.3) is 0 Å². The first-order valence-corrected chi connectivity index (χ1v) is 10.2. The molecule has 0 spiro atoms. The van der Waals surface area contributed by atoms with E-state index in [0.29, 0.717) is 0 Å². The predicted molar refractivity (Wildman–Crippen MR) is 122 cm³/mol. The van der Waals surface area contributed by atoms with Crippen molar-refractivity contribution >= 4 is 0 Å². The van der Waals surface area contributed by atoms with Gasteiger partial charge in [0, 0.05) is 17.3 Å². The van der Waals surface area contributed by atoms with Gasteiger partial charge in [0.15, 0.2) is 6.20 Å². The summed E-state index contributed by atoms with van der Waals surface area (Å²) in [6, 6.07) is 21.9. The molecule has 0 saturated carbocycles. The highest BCUT2D eigenvalue weighted by Gasteiger charge is 2.22. The maximum Gasteiger partial charge on any atom is 0.229 e. The van der Waals surface area contributed by atoms with Crippen LogP contribution in [-0.2, 0) is 7.05 Å². The molecule has 0 unspecified atom stereocenters. The fraction of sp³-hybridized carbons (Fsp3) is 0.222. The standard InChI is InChI=1S/C27H29N2/c1-18-14-19(2)26(20(3)15-18)29-22(5)16-21(4)27(29)25-13-12-24(17-28(25)6)23-10-8-7-9-11-23/h7-17H,1-6H3/q+1. The zero-order valence-corrected chi connectivity index (χ0v) is 18.2. The van der Waals surface area contributed by atoms with Crippen LogP contribution in [0.4, 0.5) is 0 Å². The van der Waals surface area contributed by atoms with Crippen molar-refractivity contribution in [2.75, 3.05) is 0 Å². The van der Waals surface area contributed by atoms with Gasteiger partial charge in [0.2, 0.25) is 5.69 Å². The molecule has 29 heavy (non-hydrogen) atoms. The molecule has 0 N–H and O–H groups in total. The molecule has 2 aromatic heterocycles. The van der Waals surface area contributed by atoms with Crippen LogP contribution in [-0.4, -0.2) is 4.57 Å². The van der Waals surface area contributed by atoms with Crippen LogP contribution in [0.25, 0.3) is 28.2 Å². The summed E-state index contributed by atoms with van der Waals surface area (Å²) in [6.07, 6.45) is 2.23. The Hall–Kier alpha value is -3.13. The van der Waals surface area contributed by atoms with Gasteiger partial charge in [-0.2, -0.15) is 4.57 Å². The van der Waals surface area contributed by atoms with E-state index in [1.54, 1.807) is 0 Å². The number of aromatic nitrogens is 2. The molecule has 4 aromatic rings. The van der Waals surface area contributed by atoms with Crippen LogP contribution in [0, 0.1) is 34.6 Å². The SMILES string of the molecule is Cc1cc(C)c(-n2c(C)cc(C)c2-c2ccc(-c3ccccc3)c[n+]2C)c(C)c1. The van der Waals surface area contributed by atoms with Crippen LogP contribution in [0.2, 0.25) is 0 Å². The summed E-state index contributed by atoms with van der Waals surface area (Å²) in [5.74, 6) is 0. The molecule has 2 nitrogen and oxygen atoms in total. The third-order valence-corrected chi connectivity index (χ3v) is 5.72. The summed E-state index contributed by atoms with van der Waals surface area (Å²) >= 11 is 0. The Morgan fingerprint density at radius 3 is 1.97 bits per heavy atom. The molecule has 0 saturated heterocycles. The van der Waals surface area contributed by atoms with Gasteiger partial charge in [-0.3, -0.25) is 0 Å². The zero-order valence-electron chi connectivity index (χ0n) is 18.2. The summed E-state index contributed by atoms with van der Waals surface area (Å²) < 4.78 is 4.68. The lowest BCUT2D eigenvalue weighted by Crippen LogP contribution is -2.31. The highest BCUT2D eigenvalue weighted by atomic mass is 15.0. The number of rotatable bonds is 3. The van der Waals surface area contributed by atoms with Gasteiger partial charge < -0.3 is 4.57 Å². The molecule has 0 amide bonds. The summed E-state index contributed by atoms with van der Waals surface area (Å²) in [4.78, 5) is 0. The zero-order chi connectivity index (χ0) is 20.7. The van der Waals surface area contributed by atoms with Gasteiger partial charge in [0.1, 0.15) is 12.7 Å². The number of nitrogens with zero attached hydrogens (tertiary/aromatic N) is 2. The van der Waals surface area contributed by atoms with Gasteiger partial charge in [-0.05, 0) is 69.0 Å². The average molecular weight is 382 g/mol. The maximum absolute atomic E-state index is 2.43. The molecule has 0 atom stereocenters. The number of hydrogen-bond acceptors (Lipinski definition) is 0. The first-order valence-electron chi connectivity index (χ1n) is 10.2. The third-order valence-electron chi connectivity index (χ3n) is 5.72. The largest absolute Gasteiger partial charge is 0.308 e. The van der Waals surface area contributed by atoms with Crippen molar-refractivity contribution in [3.63, 3.8) is 0 Å². The van der Waals surface area contributed by atoms with Gasteiger partial charge >= 0.3 is 0 Å². The first kappa shape index (κ1) is 19.2.